The monoisotopic (exact) mass is 493 g/mol. The van der Waals surface area contributed by atoms with E-state index in [0.29, 0.717) is 31.9 Å². The van der Waals surface area contributed by atoms with Crippen LogP contribution in [0.1, 0.15) is 37.9 Å². The summed E-state index contributed by atoms with van der Waals surface area (Å²) in [5, 5.41) is 10.9. The molecule has 3 aromatic rings. The number of rotatable bonds is 6. The van der Waals surface area contributed by atoms with Crippen LogP contribution in [0.3, 0.4) is 0 Å². The fourth-order valence-electron chi connectivity index (χ4n) is 3.81. The molecule has 0 spiro atoms. The summed E-state index contributed by atoms with van der Waals surface area (Å²) in [6.45, 7) is 5.24. The topological polar surface area (TPSA) is 113 Å². The number of thiazole rings is 1. The van der Waals surface area contributed by atoms with Gasteiger partial charge in [0.15, 0.2) is 4.80 Å². The molecule has 180 valence electrons. The summed E-state index contributed by atoms with van der Waals surface area (Å²) in [5.41, 5.74) is 1.75. The van der Waals surface area contributed by atoms with Crippen LogP contribution < -0.4 is 19.6 Å². The summed E-state index contributed by atoms with van der Waals surface area (Å²) < 4.78 is 12.6. The van der Waals surface area contributed by atoms with Crippen molar-refractivity contribution in [1.82, 2.24) is 4.57 Å². The Bertz CT molecular complexity index is 1500. The van der Waals surface area contributed by atoms with Crippen LogP contribution in [-0.4, -0.2) is 28.7 Å². The molecule has 0 N–H and O–H groups in total. The zero-order valence-corrected chi connectivity index (χ0v) is 20.4. The molecule has 0 amide bonds. The Kier molecular flexibility index (Phi) is 6.65. The average Bonchev–Trinajstić information content (AvgIpc) is 3.12. The maximum absolute atomic E-state index is 13.6. The van der Waals surface area contributed by atoms with Crippen LogP contribution in [0.25, 0.3) is 6.08 Å². The maximum atomic E-state index is 13.6. The number of hydrogen-bond donors (Lipinski definition) is 0. The molecule has 0 saturated heterocycles. The van der Waals surface area contributed by atoms with E-state index in [0.717, 1.165) is 0 Å². The van der Waals surface area contributed by atoms with Crippen molar-refractivity contribution in [3.05, 3.63) is 101 Å². The van der Waals surface area contributed by atoms with Gasteiger partial charge in [0.05, 0.1) is 40.0 Å². The van der Waals surface area contributed by atoms with Crippen LogP contribution in [0.15, 0.2) is 69.6 Å². The number of methoxy groups -OCH3 is 1. The lowest BCUT2D eigenvalue weighted by atomic mass is 9.96. The highest BCUT2D eigenvalue weighted by atomic mass is 32.1. The van der Waals surface area contributed by atoms with Gasteiger partial charge in [-0.25, -0.2) is 9.79 Å². The first-order valence-electron chi connectivity index (χ1n) is 10.8. The first kappa shape index (κ1) is 24.1. The molecule has 9 nitrogen and oxygen atoms in total. The number of carbonyl (C=O) groups excluding carboxylic acids is 1. The van der Waals surface area contributed by atoms with Gasteiger partial charge in [0.1, 0.15) is 5.75 Å². The quantitative estimate of drug-likeness (QED) is 0.296. The molecule has 0 aliphatic carbocycles. The number of nitrogens with zero attached hydrogens (tertiary/aromatic N) is 3. The lowest BCUT2D eigenvalue weighted by Gasteiger charge is -2.25. The minimum absolute atomic E-state index is 0.0351. The van der Waals surface area contributed by atoms with Crippen LogP contribution in [-0.2, 0) is 9.53 Å². The highest BCUT2D eigenvalue weighted by Crippen LogP contribution is 2.31. The summed E-state index contributed by atoms with van der Waals surface area (Å²) in [7, 11) is 1.56. The van der Waals surface area contributed by atoms with Crippen molar-refractivity contribution >= 4 is 29.1 Å². The van der Waals surface area contributed by atoms with Crippen molar-refractivity contribution < 1.29 is 19.2 Å². The first-order valence-corrected chi connectivity index (χ1v) is 11.6. The summed E-state index contributed by atoms with van der Waals surface area (Å²) in [5.74, 6) is 0.109. The second kappa shape index (κ2) is 9.67. The summed E-state index contributed by atoms with van der Waals surface area (Å²) >= 11 is 1.19. The van der Waals surface area contributed by atoms with Gasteiger partial charge in [-0.15, -0.1) is 0 Å². The van der Waals surface area contributed by atoms with Crippen molar-refractivity contribution in [2.75, 3.05) is 7.11 Å². The highest BCUT2D eigenvalue weighted by molar-refractivity contribution is 7.07. The van der Waals surface area contributed by atoms with E-state index in [2.05, 4.69) is 4.99 Å². The number of esters is 1. The number of benzene rings is 2. The zero-order valence-electron chi connectivity index (χ0n) is 19.6. The van der Waals surface area contributed by atoms with Crippen molar-refractivity contribution in [2.24, 2.45) is 4.99 Å². The van der Waals surface area contributed by atoms with Gasteiger partial charge in [0.25, 0.3) is 11.2 Å². The van der Waals surface area contributed by atoms with E-state index >= 15 is 0 Å². The van der Waals surface area contributed by atoms with Gasteiger partial charge in [-0.05, 0) is 62.2 Å². The normalized spacial score (nSPS) is 15.6. The molecular formula is C25H23N3O6S. The van der Waals surface area contributed by atoms with Gasteiger partial charge in [-0.3, -0.25) is 19.5 Å². The molecule has 1 atom stereocenters. The second-order valence-electron chi connectivity index (χ2n) is 8.16. The summed E-state index contributed by atoms with van der Waals surface area (Å²) in [4.78, 5) is 42.1. The molecular weight excluding hydrogens is 470 g/mol. The molecule has 0 bridgehead atoms. The third kappa shape index (κ3) is 4.78. The Balaban J connectivity index is 1.89. The minimum atomic E-state index is -0.734. The third-order valence-electron chi connectivity index (χ3n) is 5.42. The molecule has 1 aliphatic rings. The van der Waals surface area contributed by atoms with Crippen LogP contribution in [0.4, 0.5) is 5.69 Å². The number of aromatic nitrogens is 1. The van der Waals surface area contributed by atoms with Gasteiger partial charge in [0.2, 0.25) is 0 Å². The number of nitro groups is 1. The molecule has 35 heavy (non-hydrogen) atoms. The second-order valence-corrected chi connectivity index (χ2v) is 9.17. The number of ether oxygens (including phenoxy) is 2. The smallest absolute Gasteiger partial charge is 0.338 e. The standard InChI is InChI=1S/C25H23N3O6S/c1-14(2)34-24(30)21-15(3)26-25-27(22(21)17-7-11-19(33-4)12-8-17)23(29)20(35-25)13-16-5-9-18(10-6-16)28(31)32/h5-14,22H,1-4H3/b20-13-/t22-/m0/s1. The van der Waals surface area contributed by atoms with E-state index in [1.807, 2.05) is 0 Å². The molecule has 10 heteroatoms. The highest BCUT2D eigenvalue weighted by Gasteiger charge is 2.33. The van der Waals surface area contributed by atoms with Gasteiger partial charge >= 0.3 is 5.97 Å². The predicted octanol–water partition coefficient (Wildman–Crippen LogP) is 3.10. The Labute approximate surface area is 204 Å². The van der Waals surface area contributed by atoms with Crippen LogP contribution >= 0.6 is 11.3 Å². The summed E-state index contributed by atoms with van der Waals surface area (Å²) in [6, 6.07) is 12.3. The molecule has 2 aromatic carbocycles. The first-order chi connectivity index (χ1) is 16.7. The number of non-ortho nitro benzene ring substituents is 1. The van der Waals surface area contributed by atoms with Crippen molar-refractivity contribution in [1.29, 1.82) is 0 Å². The Morgan fingerprint density at radius 2 is 1.83 bits per heavy atom. The van der Waals surface area contributed by atoms with E-state index in [-0.39, 0.29) is 22.9 Å². The summed E-state index contributed by atoms with van der Waals surface area (Å²) in [6.07, 6.45) is 1.32. The number of fused-ring (bicyclic) bond motifs is 1. The lowest BCUT2D eigenvalue weighted by molar-refractivity contribution is -0.384. The van der Waals surface area contributed by atoms with E-state index < -0.39 is 16.9 Å². The van der Waals surface area contributed by atoms with Crippen molar-refractivity contribution in [2.45, 2.75) is 32.9 Å². The number of nitro benzene ring substituents is 1. The number of allylic oxidation sites excluding steroid dienone is 1. The van der Waals surface area contributed by atoms with E-state index in [9.17, 15) is 19.7 Å². The van der Waals surface area contributed by atoms with Crippen LogP contribution in [0.5, 0.6) is 5.75 Å². The van der Waals surface area contributed by atoms with Crippen molar-refractivity contribution in [3.63, 3.8) is 0 Å². The molecule has 1 aromatic heterocycles. The third-order valence-corrected chi connectivity index (χ3v) is 6.40. The van der Waals surface area contributed by atoms with Crippen LogP contribution in [0.2, 0.25) is 0 Å². The Morgan fingerprint density at radius 1 is 1.17 bits per heavy atom. The van der Waals surface area contributed by atoms with E-state index in [1.165, 1.54) is 28.0 Å². The molecule has 0 unspecified atom stereocenters. The Hall–Kier alpha value is -4.05. The van der Waals surface area contributed by atoms with Gasteiger partial charge < -0.3 is 9.47 Å². The average molecular weight is 494 g/mol. The number of carbonyl (C=O) groups is 1. The number of hydrogen-bond acceptors (Lipinski definition) is 8. The molecule has 0 saturated carbocycles. The largest absolute Gasteiger partial charge is 0.497 e. The van der Waals surface area contributed by atoms with Gasteiger partial charge in [0, 0.05) is 12.1 Å². The van der Waals surface area contributed by atoms with E-state index in [4.69, 9.17) is 9.47 Å². The Morgan fingerprint density at radius 3 is 2.40 bits per heavy atom. The molecule has 0 fully saturated rings. The fraction of sp³-hybridized carbons (Fsp3) is 0.240. The SMILES string of the molecule is COc1ccc([C@H]2C(C(=O)OC(C)C)=C(C)N=c3s/c(=C\c4ccc([N+](=O)[O-])cc4)c(=O)n32)cc1. The minimum Gasteiger partial charge on any atom is -0.497 e. The molecule has 4 rings (SSSR count). The zero-order chi connectivity index (χ0) is 25.3. The molecule has 0 radical (unpaired) electrons. The predicted molar refractivity (Wildman–Crippen MR) is 131 cm³/mol. The molecule has 2 heterocycles. The maximum Gasteiger partial charge on any atom is 0.338 e. The van der Waals surface area contributed by atoms with E-state index in [1.54, 1.807) is 70.4 Å². The van der Waals surface area contributed by atoms with Crippen LogP contribution in [0, 0.1) is 10.1 Å². The fourth-order valence-corrected chi connectivity index (χ4v) is 4.85. The lowest BCUT2D eigenvalue weighted by Crippen LogP contribution is -2.40. The molecule has 1 aliphatic heterocycles. The van der Waals surface area contributed by atoms with Gasteiger partial charge in [-0.1, -0.05) is 23.5 Å². The van der Waals surface area contributed by atoms with Gasteiger partial charge in [-0.2, -0.15) is 0 Å². The van der Waals surface area contributed by atoms with Crippen molar-refractivity contribution in [3.8, 4) is 5.75 Å².